The van der Waals surface area contributed by atoms with Crippen LogP contribution in [0.15, 0.2) is 16.5 Å². The zero-order valence-electron chi connectivity index (χ0n) is 8.56. The summed E-state index contributed by atoms with van der Waals surface area (Å²) < 4.78 is 9.14. The summed E-state index contributed by atoms with van der Waals surface area (Å²) >= 11 is 1.13. The number of carbonyl (C=O) groups is 1. The van der Waals surface area contributed by atoms with Crippen LogP contribution in [0.4, 0.5) is 5.13 Å². The number of amides is 1. The largest absolute Gasteiger partial charge is 0.455 e. The first-order chi connectivity index (χ1) is 7.69. The van der Waals surface area contributed by atoms with Gasteiger partial charge in [-0.05, 0) is 19.1 Å². The second kappa shape index (κ2) is 4.42. The first-order valence-corrected chi connectivity index (χ1v) is 5.37. The SMILES string of the molecule is Cc1nsc(NC(=O)c2ccc(CN)o2)n1. The minimum Gasteiger partial charge on any atom is -0.455 e. The molecule has 3 N–H and O–H groups in total. The highest BCUT2D eigenvalue weighted by molar-refractivity contribution is 7.09. The van der Waals surface area contributed by atoms with E-state index in [1.165, 1.54) is 0 Å². The van der Waals surface area contributed by atoms with Crippen LogP contribution in [0, 0.1) is 6.92 Å². The molecule has 0 radical (unpaired) electrons. The first-order valence-electron chi connectivity index (χ1n) is 4.59. The number of furan rings is 1. The highest BCUT2D eigenvalue weighted by atomic mass is 32.1. The standard InChI is InChI=1S/C9H10N4O2S/c1-5-11-9(16-13-5)12-8(14)7-3-2-6(4-10)15-7/h2-3H,4,10H2,1H3,(H,11,12,13,14). The molecule has 0 aliphatic carbocycles. The summed E-state index contributed by atoms with van der Waals surface area (Å²) in [5, 5.41) is 3.04. The third kappa shape index (κ3) is 2.26. The van der Waals surface area contributed by atoms with Gasteiger partial charge in [0.2, 0.25) is 5.13 Å². The molecule has 0 aliphatic heterocycles. The minimum absolute atomic E-state index is 0.216. The lowest BCUT2D eigenvalue weighted by atomic mass is 10.4. The zero-order chi connectivity index (χ0) is 11.5. The van der Waals surface area contributed by atoms with Crippen LogP contribution in [-0.4, -0.2) is 15.3 Å². The third-order valence-electron chi connectivity index (χ3n) is 1.83. The molecule has 0 aromatic carbocycles. The molecule has 0 spiro atoms. The minimum atomic E-state index is -0.351. The van der Waals surface area contributed by atoms with Crippen LogP contribution in [0.5, 0.6) is 0 Å². The zero-order valence-corrected chi connectivity index (χ0v) is 9.37. The van der Waals surface area contributed by atoms with Crippen molar-refractivity contribution in [2.45, 2.75) is 13.5 Å². The Morgan fingerprint density at radius 1 is 1.62 bits per heavy atom. The molecule has 2 aromatic heterocycles. The summed E-state index contributed by atoms with van der Waals surface area (Å²) in [7, 11) is 0. The van der Waals surface area contributed by atoms with Gasteiger partial charge in [-0.1, -0.05) is 0 Å². The van der Waals surface area contributed by atoms with Gasteiger partial charge in [0.1, 0.15) is 11.6 Å². The fraction of sp³-hybridized carbons (Fsp3) is 0.222. The van der Waals surface area contributed by atoms with Crippen molar-refractivity contribution in [3.05, 3.63) is 29.5 Å². The predicted molar refractivity (Wildman–Crippen MR) is 59.2 cm³/mol. The van der Waals surface area contributed by atoms with Crippen molar-refractivity contribution < 1.29 is 9.21 Å². The highest BCUT2D eigenvalue weighted by Gasteiger charge is 2.12. The maximum atomic E-state index is 11.6. The van der Waals surface area contributed by atoms with Gasteiger partial charge in [-0.25, -0.2) is 4.98 Å². The lowest BCUT2D eigenvalue weighted by Gasteiger charge is -1.96. The number of nitrogens with zero attached hydrogens (tertiary/aromatic N) is 2. The van der Waals surface area contributed by atoms with Gasteiger partial charge in [-0.3, -0.25) is 10.1 Å². The van der Waals surface area contributed by atoms with Gasteiger partial charge in [0, 0.05) is 11.5 Å². The summed E-state index contributed by atoms with van der Waals surface area (Å²) in [5.74, 6) is 1.06. The maximum Gasteiger partial charge on any atom is 0.293 e. The van der Waals surface area contributed by atoms with Gasteiger partial charge < -0.3 is 10.2 Å². The quantitative estimate of drug-likeness (QED) is 0.836. The lowest BCUT2D eigenvalue weighted by molar-refractivity contribution is 0.0995. The van der Waals surface area contributed by atoms with E-state index in [4.69, 9.17) is 10.2 Å². The Balaban J connectivity index is 2.08. The van der Waals surface area contributed by atoms with Crippen LogP contribution >= 0.6 is 11.5 Å². The summed E-state index contributed by atoms with van der Waals surface area (Å²) in [6.07, 6.45) is 0. The second-order valence-electron chi connectivity index (χ2n) is 3.07. The van der Waals surface area contributed by atoms with Crippen molar-refractivity contribution in [2.75, 3.05) is 5.32 Å². The van der Waals surface area contributed by atoms with E-state index >= 15 is 0 Å². The number of nitrogens with two attached hydrogens (primary N) is 1. The molecule has 0 fully saturated rings. The van der Waals surface area contributed by atoms with Gasteiger partial charge in [-0.2, -0.15) is 4.37 Å². The summed E-state index contributed by atoms with van der Waals surface area (Å²) in [4.78, 5) is 15.7. The van der Waals surface area contributed by atoms with Crippen LogP contribution in [0.25, 0.3) is 0 Å². The summed E-state index contributed by atoms with van der Waals surface area (Å²) in [6, 6.07) is 3.24. The smallest absolute Gasteiger partial charge is 0.293 e. The molecule has 2 rings (SSSR count). The molecular formula is C9H10N4O2S. The number of aromatic nitrogens is 2. The Morgan fingerprint density at radius 3 is 3.00 bits per heavy atom. The number of hydrogen-bond donors (Lipinski definition) is 2. The molecule has 84 valence electrons. The maximum absolute atomic E-state index is 11.6. The molecule has 0 atom stereocenters. The Hall–Kier alpha value is -1.73. The van der Waals surface area contributed by atoms with Crippen LogP contribution in [0.2, 0.25) is 0 Å². The Morgan fingerprint density at radius 2 is 2.44 bits per heavy atom. The van der Waals surface area contributed by atoms with E-state index in [2.05, 4.69) is 14.7 Å². The monoisotopic (exact) mass is 238 g/mol. The van der Waals surface area contributed by atoms with E-state index in [9.17, 15) is 4.79 Å². The number of anilines is 1. The number of aryl methyl sites for hydroxylation is 1. The third-order valence-corrected chi connectivity index (χ3v) is 2.56. The average Bonchev–Trinajstić information content (AvgIpc) is 2.87. The number of hydrogen-bond acceptors (Lipinski definition) is 6. The van der Waals surface area contributed by atoms with E-state index in [1.54, 1.807) is 19.1 Å². The van der Waals surface area contributed by atoms with E-state index in [0.717, 1.165) is 11.5 Å². The molecule has 1 amide bonds. The molecule has 2 heterocycles. The molecule has 16 heavy (non-hydrogen) atoms. The van der Waals surface area contributed by atoms with Crippen molar-refractivity contribution in [1.29, 1.82) is 0 Å². The highest BCUT2D eigenvalue weighted by Crippen LogP contribution is 2.13. The van der Waals surface area contributed by atoms with Crippen LogP contribution in [-0.2, 0) is 6.54 Å². The number of rotatable bonds is 3. The Kier molecular flexibility index (Phi) is 2.97. The predicted octanol–water partition coefficient (Wildman–Crippen LogP) is 1.15. The summed E-state index contributed by atoms with van der Waals surface area (Å²) in [5.41, 5.74) is 5.37. The van der Waals surface area contributed by atoms with E-state index in [-0.39, 0.29) is 18.2 Å². The fourth-order valence-electron chi connectivity index (χ4n) is 1.12. The van der Waals surface area contributed by atoms with E-state index in [0.29, 0.717) is 16.7 Å². The van der Waals surface area contributed by atoms with Gasteiger partial charge in [0.05, 0.1) is 6.54 Å². The van der Waals surface area contributed by atoms with Gasteiger partial charge in [0.15, 0.2) is 5.76 Å². The van der Waals surface area contributed by atoms with Crippen LogP contribution in [0.1, 0.15) is 22.1 Å². The van der Waals surface area contributed by atoms with Crippen molar-refractivity contribution in [2.24, 2.45) is 5.73 Å². The number of carbonyl (C=O) groups excluding carboxylic acids is 1. The topological polar surface area (TPSA) is 94.0 Å². The van der Waals surface area contributed by atoms with Crippen molar-refractivity contribution in [3.63, 3.8) is 0 Å². The molecule has 0 saturated carbocycles. The number of nitrogens with one attached hydrogen (secondary N) is 1. The fourth-order valence-corrected chi connectivity index (χ4v) is 1.69. The van der Waals surface area contributed by atoms with Crippen LogP contribution in [0.3, 0.4) is 0 Å². The van der Waals surface area contributed by atoms with Crippen molar-refractivity contribution in [3.8, 4) is 0 Å². The van der Waals surface area contributed by atoms with Gasteiger partial charge >= 0.3 is 0 Å². The lowest BCUT2D eigenvalue weighted by Crippen LogP contribution is -2.10. The molecule has 0 unspecified atom stereocenters. The molecule has 6 nitrogen and oxygen atoms in total. The normalized spacial score (nSPS) is 10.4. The Labute approximate surface area is 95.6 Å². The molecular weight excluding hydrogens is 228 g/mol. The molecule has 0 bridgehead atoms. The second-order valence-corrected chi connectivity index (χ2v) is 3.82. The Bertz CT molecular complexity index is 505. The van der Waals surface area contributed by atoms with Crippen LogP contribution < -0.4 is 11.1 Å². The van der Waals surface area contributed by atoms with E-state index in [1.807, 2.05) is 0 Å². The molecule has 0 aliphatic rings. The van der Waals surface area contributed by atoms with Crippen molar-refractivity contribution in [1.82, 2.24) is 9.36 Å². The molecule has 7 heteroatoms. The van der Waals surface area contributed by atoms with Crippen molar-refractivity contribution >= 4 is 22.6 Å². The van der Waals surface area contributed by atoms with E-state index < -0.39 is 0 Å². The summed E-state index contributed by atoms with van der Waals surface area (Å²) in [6.45, 7) is 2.02. The van der Waals surface area contributed by atoms with Gasteiger partial charge in [-0.15, -0.1) is 0 Å². The molecule has 2 aromatic rings. The molecule has 0 saturated heterocycles. The first kappa shape index (κ1) is 10.8. The average molecular weight is 238 g/mol. The van der Waals surface area contributed by atoms with Gasteiger partial charge in [0.25, 0.3) is 5.91 Å².